The highest BCUT2D eigenvalue weighted by Crippen LogP contribution is 2.29. The van der Waals surface area contributed by atoms with Gasteiger partial charge in [-0.1, -0.05) is 19.1 Å². The van der Waals surface area contributed by atoms with E-state index in [1.807, 2.05) is 48.9 Å². The summed E-state index contributed by atoms with van der Waals surface area (Å²) in [6.07, 6.45) is 0. The number of nitrogens with two attached hydrogens (primary N) is 1. The molecule has 0 bridgehead atoms. The Bertz CT molecular complexity index is 471. The van der Waals surface area contributed by atoms with E-state index < -0.39 is 0 Å². The molecule has 0 spiro atoms. The van der Waals surface area contributed by atoms with Crippen molar-refractivity contribution >= 4 is 28.6 Å². The predicted octanol–water partition coefficient (Wildman–Crippen LogP) is 3.00. The summed E-state index contributed by atoms with van der Waals surface area (Å²) in [5.74, 6) is -0.191. The summed E-state index contributed by atoms with van der Waals surface area (Å²) in [5.41, 5.74) is 5.79. The van der Waals surface area contributed by atoms with Gasteiger partial charge in [0.25, 0.3) is 0 Å². The maximum Gasteiger partial charge on any atom is 0.225 e. The number of amides is 1. The molecule has 2 heterocycles. The van der Waals surface area contributed by atoms with Crippen LogP contribution in [0.2, 0.25) is 0 Å². The van der Waals surface area contributed by atoms with Crippen molar-refractivity contribution in [3.8, 4) is 0 Å². The van der Waals surface area contributed by atoms with E-state index in [0.717, 1.165) is 9.75 Å². The van der Waals surface area contributed by atoms with Crippen molar-refractivity contribution in [3.05, 3.63) is 44.8 Å². The normalized spacial score (nSPS) is 14.3. The van der Waals surface area contributed by atoms with Crippen molar-refractivity contribution in [1.29, 1.82) is 0 Å². The van der Waals surface area contributed by atoms with Crippen LogP contribution in [0.5, 0.6) is 0 Å². The molecule has 19 heavy (non-hydrogen) atoms. The van der Waals surface area contributed by atoms with Crippen molar-refractivity contribution in [3.63, 3.8) is 0 Å². The molecule has 3 nitrogen and oxygen atoms in total. The molecule has 2 aromatic rings. The van der Waals surface area contributed by atoms with Gasteiger partial charge < -0.3 is 11.1 Å². The Labute approximate surface area is 121 Å². The summed E-state index contributed by atoms with van der Waals surface area (Å²) in [6.45, 7) is 3.72. The van der Waals surface area contributed by atoms with Gasteiger partial charge in [-0.15, -0.1) is 22.7 Å². The molecule has 0 radical (unpaired) electrons. The highest BCUT2D eigenvalue weighted by Gasteiger charge is 2.23. The van der Waals surface area contributed by atoms with Gasteiger partial charge in [0.15, 0.2) is 0 Å². The first-order valence-electron chi connectivity index (χ1n) is 6.22. The van der Waals surface area contributed by atoms with Gasteiger partial charge >= 0.3 is 0 Å². The van der Waals surface area contributed by atoms with E-state index in [0.29, 0.717) is 0 Å². The fourth-order valence-electron chi connectivity index (χ4n) is 1.71. The zero-order valence-electron chi connectivity index (χ0n) is 11.0. The minimum atomic E-state index is -0.192. The molecule has 0 fully saturated rings. The van der Waals surface area contributed by atoms with E-state index in [-0.39, 0.29) is 23.9 Å². The smallest absolute Gasteiger partial charge is 0.225 e. The second kappa shape index (κ2) is 6.32. The average molecular weight is 294 g/mol. The fourth-order valence-corrected chi connectivity index (χ4v) is 3.37. The van der Waals surface area contributed by atoms with Gasteiger partial charge in [-0.2, -0.15) is 0 Å². The Morgan fingerprint density at radius 2 is 1.68 bits per heavy atom. The molecule has 0 aromatic carbocycles. The molecule has 0 aliphatic rings. The quantitative estimate of drug-likeness (QED) is 0.890. The predicted molar refractivity (Wildman–Crippen MR) is 81.4 cm³/mol. The van der Waals surface area contributed by atoms with E-state index >= 15 is 0 Å². The van der Waals surface area contributed by atoms with Gasteiger partial charge in [-0.3, -0.25) is 4.79 Å². The number of carbonyl (C=O) groups is 1. The molecule has 5 heteroatoms. The van der Waals surface area contributed by atoms with Crippen LogP contribution < -0.4 is 11.1 Å². The van der Waals surface area contributed by atoms with Crippen molar-refractivity contribution < 1.29 is 4.79 Å². The van der Waals surface area contributed by atoms with Crippen LogP contribution in [0.15, 0.2) is 35.0 Å². The van der Waals surface area contributed by atoms with Gasteiger partial charge in [0.2, 0.25) is 5.91 Å². The second-order valence-electron chi connectivity index (χ2n) is 4.62. The molecule has 0 aliphatic heterocycles. The number of hydrogen-bond donors (Lipinski definition) is 2. The molecule has 1 amide bonds. The number of carbonyl (C=O) groups excluding carboxylic acids is 1. The van der Waals surface area contributed by atoms with Gasteiger partial charge in [0, 0.05) is 21.7 Å². The van der Waals surface area contributed by atoms with E-state index in [1.165, 1.54) is 0 Å². The Morgan fingerprint density at radius 3 is 2.05 bits per heavy atom. The first-order valence-corrected chi connectivity index (χ1v) is 7.98. The van der Waals surface area contributed by atoms with Crippen molar-refractivity contribution in [2.75, 3.05) is 0 Å². The first kappa shape index (κ1) is 14.2. The molecular weight excluding hydrogens is 276 g/mol. The van der Waals surface area contributed by atoms with Crippen LogP contribution in [0, 0.1) is 5.92 Å². The number of rotatable bonds is 5. The van der Waals surface area contributed by atoms with Gasteiger partial charge in [0.05, 0.1) is 6.04 Å². The van der Waals surface area contributed by atoms with E-state index in [4.69, 9.17) is 5.73 Å². The molecule has 2 unspecified atom stereocenters. The molecule has 2 rings (SSSR count). The molecule has 2 aromatic heterocycles. The third-order valence-corrected chi connectivity index (χ3v) is 5.02. The highest BCUT2D eigenvalue weighted by molar-refractivity contribution is 7.11. The molecule has 2 atom stereocenters. The summed E-state index contributed by atoms with van der Waals surface area (Å²) in [6, 6.07) is 7.89. The van der Waals surface area contributed by atoms with Crippen LogP contribution in [0.25, 0.3) is 0 Å². The Balaban J connectivity index is 2.18. The summed E-state index contributed by atoms with van der Waals surface area (Å²) in [5, 5.41) is 7.15. The Kier molecular flexibility index (Phi) is 4.74. The maximum absolute atomic E-state index is 12.2. The number of nitrogens with one attached hydrogen (secondary N) is 1. The van der Waals surface area contributed by atoms with Crippen LogP contribution in [0.4, 0.5) is 0 Å². The van der Waals surface area contributed by atoms with Crippen LogP contribution in [-0.4, -0.2) is 11.9 Å². The van der Waals surface area contributed by atoms with Gasteiger partial charge in [-0.25, -0.2) is 0 Å². The standard InChI is InChI=1S/C14H18N2OS2/c1-9(10(2)15)14(17)16-13(11-5-3-7-18-11)12-6-4-8-19-12/h3-10,13H,15H2,1-2H3,(H,16,17). The van der Waals surface area contributed by atoms with E-state index in [2.05, 4.69) is 5.32 Å². The third kappa shape index (κ3) is 3.43. The molecule has 0 saturated carbocycles. The van der Waals surface area contributed by atoms with E-state index in [9.17, 15) is 4.79 Å². The lowest BCUT2D eigenvalue weighted by Gasteiger charge is -2.21. The van der Waals surface area contributed by atoms with Crippen LogP contribution in [0.1, 0.15) is 29.6 Å². The SMILES string of the molecule is CC(N)C(C)C(=O)NC(c1cccs1)c1cccs1. The summed E-state index contributed by atoms with van der Waals surface area (Å²) < 4.78 is 0. The molecular formula is C14H18N2OS2. The lowest BCUT2D eigenvalue weighted by Crippen LogP contribution is -2.40. The first-order chi connectivity index (χ1) is 9.09. The number of hydrogen-bond acceptors (Lipinski definition) is 4. The summed E-state index contributed by atoms with van der Waals surface area (Å²) >= 11 is 3.30. The molecule has 3 N–H and O–H groups in total. The van der Waals surface area contributed by atoms with Crippen molar-refractivity contribution in [2.45, 2.75) is 25.9 Å². The van der Waals surface area contributed by atoms with E-state index in [1.54, 1.807) is 22.7 Å². The second-order valence-corrected chi connectivity index (χ2v) is 6.58. The lowest BCUT2D eigenvalue weighted by atomic mass is 10.0. The van der Waals surface area contributed by atoms with Gasteiger partial charge in [-0.05, 0) is 29.8 Å². The lowest BCUT2D eigenvalue weighted by molar-refractivity contribution is -0.125. The summed E-state index contributed by atoms with van der Waals surface area (Å²) in [7, 11) is 0. The van der Waals surface area contributed by atoms with Crippen molar-refractivity contribution in [1.82, 2.24) is 5.32 Å². The van der Waals surface area contributed by atoms with Crippen LogP contribution in [-0.2, 0) is 4.79 Å². The third-order valence-electron chi connectivity index (χ3n) is 3.14. The minimum absolute atomic E-state index is 0.00167. The zero-order chi connectivity index (χ0) is 13.8. The van der Waals surface area contributed by atoms with Gasteiger partial charge in [0.1, 0.15) is 0 Å². The maximum atomic E-state index is 12.2. The largest absolute Gasteiger partial charge is 0.343 e. The minimum Gasteiger partial charge on any atom is -0.343 e. The number of thiophene rings is 2. The Morgan fingerprint density at radius 1 is 1.16 bits per heavy atom. The average Bonchev–Trinajstić information content (AvgIpc) is 3.07. The highest BCUT2D eigenvalue weighted by atomic mass is 32.1. The topological polar surface area (TPSA) is 55.1 Å². The molecule has 0 saturated heterocycles. The summed E-state index contributed by atoms with van der Waals surface area (Å²) in [4.78, 5) is 14.5. The molecule has 0 aliphatic carbocycles. The fraction of sp³-hybridized carbons (Fsp3) is 0.357. The monoisotopic (exact) mass is 294 g/mol. The molecule has 102 valence electrons. The van der Waals surface area contributed by atoms with Crippen molar-refractivity contribution in [2.24, 2.45) is 11.7 Å². The zero-order valence-corrected chi connectivity index (χ0v) is 12.6. The van der Waals surface area contributed by atoms with Crippen LogP contribution >= 0.6 is 22.7 Å². The van der Waals surface area contributed by atoms with Crippen LogP contribution in [0.3, 0.4) is 0 Å². The Hall–Kier alpha value is -1.17.